The number of aryl methyl sites for hydroxylation is 2. The molecule has 3 nitrogen and oxygen atoms in total. The number of nitrogens with zero attached hydrogens (tertiary/aromatic N) is 2. The van der Waals surface area contributed by atoms with Crippen LogP contribution in [0, 0.1) is 18.8 Å². The molecule has 114 valence electrons. The van der Waals surface area contributed by atoms with E-state index in [0.717, 1.165) is 37.2 Å². The quantitative estimate of drug-likeness (QED) is 0.836. The van der Waals surface area contributed by atoms with E-state index >= 15 is 0 Å². The van der Waals surface area contributed by atoms with Gasteiger partial charge < -0.3 is 5.32 Å². The average Bonchev–Trinajstić information content (AvgIpc) is 2.75. The van der Waals surface area contributed by atoms with Crippen molar-refractivity contribution in [2.24, 2.45) is 11.8 Å². The topological polar surface area (TPSA) is 29.9 Å². The summed E-state index contributed by atoms with van der Waals surface area (Å²) in [4.78, 5) is 0. The van der Waals surface area contributed by atoms with Crippen LogP contribution >= 0.6 is 15.9 Å². The molecule has 1 aliphatic carbocycles. The number of hydrogen-bond acceptors (Lipinski definition) is 2. The van der Waals surface area contributed by atoms with Gasteiger partial charge in [0.05, 0.1) is 15.9 Å². The zero-order chi connectivity index (χ0) is 14.5. The van der Waals surface area contributed by atoms with Gasteiger partial charge in [0.2, 0.25) is 0 Å². The van der Waals surface area contributed by atoms with E-state index in [2.05, 4.69) is 51.8 Å². The summed E-state index contributed by atoms with van der Waals surface area (Å²) in [7, 11) is 0. The standard InChI is InChI=1S/C16H28BrN3/c1-4-13-6-8-14(9-7-13)10-18-11-15-16(17)12(3)19-20(15)5-2/h13-14,18H,4-11H2,1-3H3. The van der Waals surface area contributed by atoms with Crippen molar-refractivity contribution in [1.29, 1.82) is 0 Å². The van der Waals surface area contributed by atoms with Crippen molar-refractivity contribution in [3.63, 3.8) is 0 Å². The van der Waals surface area contributed by atoms with E-state index in [4.69, 9.17) is 0 Å². The van der Waals surface area contributed by atoms with Crippen LogP contribution in [0.2, 0.25) is 0 Å². The first-order valence-electron chi connectivity index (χ1n) is 8.08. The Hall–Kier alpha value is -0.350. The van der Waals surface area contributed by atoms with E-state index in [-0.39, 0.29) is 0 Å². The number of hydrogen-bond donors (Lipinski definition) is 1. The summed E-state index contributed by atoms with van der Waals surface area (Å²) in [6.07, 6.45) is 7.02. The first kappa shape index (κ1) is 16.0. The third-order valence-corrected chi connectivity index (χ3v) is 5.75. The molecule has 4 heteroatoms. The molecule has 0 aromatic carbocycles. The number of halogens is 1. The fourth-order valence-corrected chi connectivity index (χ4v) is 3.70. The van der Waals surface area contributed by atoms with Crippen molar-refractivity contribution in [3.05, 3.63) is 15.9 Å². The summed E-state index contributed by atoms with van der Waals surface area (Å²) in [5.41, 5.74) is 2.37. The first-order valence-corrected chi connectivity index (χ1v) is 8.87. The number of aromatic nitrogens is 2. The zero-order valence-corrected chi connectivity index (χ0v) is 14.7. The maximum Gasteiger partial charge on any atom is 0.0739 e. The lowest BCUT2D eigenvalue weighted by molar-refractivity contribution is 0.262. The molecule has 0 atom stereocenters. The lowest BCUT2D eigenvalue weighted by atomic mass is 9.81. The molecule has 0 aliphatic heterocycles. The van der Waals surface area contributed by atoms with Crippen LogP contribution in [0.15, 0.2) is 4.47 Å². The van der Waals surface area contributed by atoms with Gasteiger partial charge in [-0.15, -0.1) is 0 Å². The van der Waals surface area contributed by atoms with Gasteiger partial charge in [0, 0.05) is 13.1 Å². The van der Waals surface area contributed by atoms with Crippen LogP contribution in [0.5, 0.6) is 0 Å². The molecule has 0 saturated heterocycles. The Kier molecular flexibility index (Phi) is 6.09. The van der Waals surface area contributed by atoms with Gasteiger partial charge in [-0.05, 0) is 61.0 Å². The molecule has 1 N–H and O–H groups in total. The summed E-state index contributed by atoms with van der Waals surface area (Å²) in [6, 6.07) is 0. The van der Waals surface area contributed by atoms with Gasteiger partial charge in [-0.1, -0.05) is 26.2 Å². The van der Waals surface area contributed by atoms with E-state index < -0.39 is 0 Å². The van der Waals surface area contributed by atoms with Crippen LogP contribution in [0.4, 0.5) is 0 Å². The van der Waals surface area contributed by atoms with Crippen LogP contribution in [-0.4, -0.2) is 16.3 Å². The summed E-state index contributed by atoms with van der Waals surface area (Å²) in [5, 5.41) is 8.19. The summed E-state index contributed by atoms with van der Waals surface area (Å²) in [5.74, 6) is 1.86. The fourth-order valence-electron chi connectivity index (χ4n) is 3.28. The second-order valence-electron chi connectivity index (χ2n) is 6.09. The van der Waals surface area contributed by atoms with Gasteiger partial charge in [-0.3, -0.25) is 4.68 Å². The Morgan fingerprint density at radius 3 is 2.45 bits per heavy atom. The Bertz CT molecular complexity index is 420. The minimum atomic E-state index is 0.871. The maximum absolute atomic E-state index is 4.54. The fraction of sp³-hybridized carbons (Fsp3) is 0.812. The van der Waals surface area contributed by atoms with Gasteiger partial charge >= 0.3 is 0 Å². The van der Waals surface area contributed by atoms with Crippen LogP contribution in [0.3, 0.4) is 0 Å². The molecule has 0 spiro atoms. The highest BCUT2D eigenvalue weighted by molar-refractivity contribution is 9.10. The lowest BCUT2D eigenvalue weighted by Gasteiger charge is -2.28. The summed E-state index contributed by atoms with van der Waals surface area (Å²) in [6.45, 7) is 9.54. The smallest absolute Gasteiger partial charge is 0.0739 e. The number of nitrogens with one attached hydrogen (secondary N) is 1. The monoisotopic (exact) mass is 341 g/mol. The van der Waals surface area contributed by atoms with Crippen molar-refractivity contribution in [2.75, 3.05) is 6.54 Å². The third-order valence-electron chi connectivity index (χ3n) is 4.72. The van der Waals surface area contributed by atoms with E-state index in [1.54, 1.807) is 0 Å². The molecule has 0 amide bonds. The molecule has 1 heterocycles. The lowest BCUT2D eigenvalue weighted by Crippen LogP contribution is -2.27. The van der Waals surface area contributed by atoms with Crippen LogP contribution in [0.25, 0.3) is 0 Å². The molecule has 1 aromatic heterocycles. The van der Waals surface area contributed by atoms with Crippen molar-refractivity contribution in [1.82, 2.24) is 15.1 Å². The molecule has 2 rings (SSSR count). The first-order chi connectivity index (χ1) is 9.65. The van der Waals surface area contributed by atoms with Crippen LogP contribution in [0.1, 0.15) is 57.3 Å². The highest BCUT2D eigenvalue weighted by Gasteiger charge is 2.20. The molecule has 0 radical (unpaired) electrons. The van der Waals surface area contributed by atoms with Crippen molar-refractivity contribution in [2.45, 2.75) is 66.0 Å². The van der Waals surface area contributed by atoms with Gasteiger partial charge in [0.25, 0.3) is 0 Å². The largest absolute Gasteiger partial charge is 0.311 e. The molecule has 0 bridgehead atoms. The molecular weight excluding hydrogens is 314 g/mol. The predicted molar refractivity (Wildman–Crippen MR) is 87.8 cm³/mol. The normalized spacial score (nSPS) is 23.2. The third kappa shape index (κ3) is 3.85. The molecule has 0 unspecified atom stereocenters. The minimum Gasteiger partial charge on any atom is -0.311 e. The van der Waals surface area contributed by atoms with E-state index in [0.29, 0.717) is 0 Å². The van der Waals surface area contributed by atoms with Crippen molar-refractivity contribution >= 4 is 15.9 Å². The van der Waals surface area contributed by atoms with Crippen molar-refractivity contribution in [3.8, 4) is 0 Å². The van der Waals surface area contributed by atoms with Crippen LogP contribution in [-0.2, 0) is 13.1 Å². The second-order valence-corrected chi connectivity index (χ2v) is 6.88. The highest BCUT2D eigenvalue weighted by atomic mass is 79.9. The molecule has 1 aliphatic rings. The van der Waals surface area contributed by atoms with E-state index in [9.17, 15) is 0 Å². The summed E-state index contributed by atoms with van der Waals surface area (Å²) < 4.78 is 3.27. The molecule has 1 aromatic rings. The van der Waals surface area contributed by atoms with Crippen molar-refractivity contribution < 1.29 is 0 Å². The second kappa shape index (κ2) is 7.60. The Balaban J connectivity index is 1.79. The number of rotatable bonds is 6. The maximum atomic E-state index is 4.54. The predicted octanol–water partition coefficient (Wildman–Crippen LogP) is 4.28. The molecular formula is C16H28BrN3. The highest BCUT2D eigenvalue weighted by Crippen LogP contribution is 2.30. The Morgan fingerprint density at radius 1 is 1.20 bits per heavy atom. The van der Waals surface area contributed by atoms with Crippen LogP contribution < -0.4 is 5.32 Å². The van der Waals surface area contributed by atoms with Gasteiger partial charge in [-0.2, -0.15) is 5.10 Å². The summed E-state index contributed by atoms with van der Waals surface area (Å²) >= 11 is 3.66. The SMILES string of the molecule is CCC1CCC(CNCc2c(Br)c(C)nn2CC)CC1. The molecule has 1 fully saturated rings. The minimum absolute atomic E-state index is 0.871. The van der Waals surface area contributed by atoms with Gasteiger partial charge in [-0.25, -0.2) is 0 Å². The van der Waals surface area contributed by atoms with Gasteiger partial charge in [0.15, 0.2) is 0 Å². The van der Waals surface area contributed by atoms with Gasteiger partial charge in [0.1, 0.15) is 0 Å². The molecule has 20 heavy (non-hydrogen) atoms. The Labute approximate surface area is 131 Å². The molecule has 1 saturated carbocycles. The Morgan fingerprint density at radius 2 is 1.85 bits per heavy atom. The van der Waals surface area contributed by atoms with E-state index in [1.165, 1.54) is 42.3 Å². The zero-order valence-electron chi connectivity index (χ0n) is 13.1. The average molecular weight is 342 g/mol. The van der Waals surface area contributed by atoms with E-state index in [1.807, 2.05) is 0 Å².